The second-order valence-electron chi connectivity index (χ2n) is 7.00. The number of amides is 1. The maximum atomic E-state index is 12.7. The van der Waals surface area contributed by atoms with Crippen LogP contribution in [-0.2, 0) is 11.4 Å². The molecule has 1 amide bonds. The lowest BCUT2D eigenvalue weighted by molar-refractivity contribution is -0.112. The minimum absolute atomic E-state index is 0.0759. The number of methoxy groups -OCH3 is 1. The average Bonchev–Trinajstić information content (AvgIpc) is 2.79. The standard InChI is InChI=1S/C25H19BrCl2N2O3/c1-15-7-8-19(27)12-22(15)30-25(31)18(13-29)9-16-10-20(26)24(23(11-16)32-2)33-14-17-5-3-4-6-21(17)28/h3-12H,14H2,1-2H3,(H,30,31)/b18-9+. The van der Waals surface area contributed by atoms with Crippen molar-refractivity contribution in [1.82, 2.24) is 0 Å². The molecule has 0 fully saturated rings. The van der Waals surface area contributed by atoms with Crippen LogP contribution in [0.3, 0.4) is 0 Å². The van der Waals surface area contributed by atoms with Crippen LogP contribution in [0.25, 0.3) is 6.08 Å². The molecule has 0 unspecified atom stereocenters. The summed E-state index contributed by atoms with van der Waals surface area (Å²) in [6, 6.07) is 17.9. The predicted octanol–water partition coefficient (Wildman–Crippen LogP) is 7.20. The number of nitrogens with one attached hydrogen (secondary N) is 1. The van der Waals surface area contributed by atoms with Gasteiger partial charge < -0.3 is 14.8 Å². The van der Waals surface area contributed by atoms with Gasteiger partial charge in [0, 0.05) is 21.3 Å². The summed E-state index contributed by atoms with van der Waals surface area (Å²) in [5.41, 5.74) is 2.70. The number of hydrogen-bond donors (Lipinski definition) is 1. The highest BCUT2D eigenvalue weighted by Crippen LogP contribution is 2.38. The van der Waals surface area contributed by atoms with Gasteiger partial charge in [-0.15, -0.1) is 0 Å². The summed E-state index contributed by atoms with van der Waals surface area (Å²) in [6.07, 6.45) is 1.47. The van der Waals surface area contributed by atoms with E-state index >= 15 is 0 Å². The Morgan fingerprint density at radius 3 is 2.64 bits per heavy atom. The number of nitrogens with zero attached hydrogens (tertiary/aromatic N) is 1. The first-order valence-corrected chi connectivity index (χ1v) is 11.3. The molecule has 0 aliphatic rings. The molecule has 0 saturated carbocycles. The van der Waals surface area contributed by atoms with E-state index in [0.29, 0.717) is 37.3 Å². The Morgan fingerprint density at radius 1 is 1.18 bits per heavy atom. The summed E-state index contributed by atoms with van der Waals surface area (Å²) in [6.45, 7) is 2.08. The molecule has 8 heteroatoms. The molecule has 0 aliphatic carbocycles. The van der Waals surface area contributed by atoms with Crippen molar-refractivity contribution in [3.8, 4) is 17.6 Å². The quantitative estimate of drug-likeness (QED) is 0.252. The number of anilines is 1. The van der Waals surface area contributed by atoms with Crippen molar-refractivity contribution < 1.29 is 14.3 Å². The van der Waals surface area contributed by atoms with Crippen molar-refractivity contribution in [2.75, 3.05) is 12.4 Å². The minimum Gasteiger partial charge on any atom is -0.493 e. The van der Waals surface area contributed by atoms with Gasteiger partial charge in [-0.05, 0) is 70.4 Å². The molecule has 0 saturated heterocycles. The van der Waals surface area contributed by atoms with Gasteiger partial charge in [-0.2, -0.15) is 5.26 Å². The zero-order chi connectivity index (χ0) is 24.0. The monoisotopic (exact) mass is 544 g/mol. The number of rotatable bonds is 7. The maximum absolute atomic E-state index is 12.7. The molecule has 5 nitrogen and oxygen atoms in total. The van der Waals surface area contributed by atoms with Crippen molar-refractivity contribution in [3.63, 3.8) is 0 Å². The highest BCUT2D eigenvalue weighted by molar-refractivity contribution is 9.10. The van der Waals surface area contributed by atoms with E-state index in [2.05, 4.69) is 21.2 Å². The highest BCUT2D eigenvalue weighted by Gasteiger charge is 2.15. The molecule has 0 aromatic heterocycles. The summed E-state index contributed by atoms with van der Waals surface area (Å²) >= 11 is 15.7. The fourth-order valence-electron chi connectivity index (χ4n) is 2.96. The fourth-order valence-corrected chi connectivity index (χ4v) is 3.90. The van der Waals surface area contributed by atoms with Gasteiger partial charge in [0.15, 0.2) is 11.5 Å². The number of benzene rings is 3. The molecule has 168 valence electrons. The van der Waals surface area contributed by atoms with Crippen LogP contribution in [0.1, 0.15) is 16.7 Å². The van der Waals surface area contributed by atoms with E-state index in [-0.39, 0.29) is 12.2 Å². The molecule has 0 spiro atoms. The van der Waals surface area contributed by atoms with E-state index in [4.69, 9.17) is 32.7 Å². The summed E-state index contributed by atoms with van der Waals surface area (Å²) in [5, 5.41) is 13.4. The number of halogens is 3. The van der Waals surface area contributed by atoms with Gasteiger partial charge in [0.1, 0.15) is 18.2 Å². The average molecular weight is 546 g/mol. The predicted molar refractivity (Wildman–Crippen MR) is 135 cm³/mol. The molecule has 3 aromatic rings. The van der Waals surface area contributed by atoms with Crippen LogP contribution in [0, 0.1) is 18.3 Å². The van der Waals surface area contributed by atoms with Gasteiger partial charge in [-0.3, -0.25) is 4.79 Å². The zero-order valence-electron chi connectivity index (χ0n) is 17.8. The van der Waals surface area contributed by atoms with Crippen LogP contribution in [0.5, 0.6) is 11.5 Å². The fraction of sp³-hybridized carbons (Fsp3) is 0.120. The van der Waals surface area contributed by atoms with Crippen molar-refractivity contribution in [2.24, 2.45) is 0 Å². The molecule has 0 atom stereocenters. The Labute approximate surface area is 210 Å². The van der Waals surface area contributed by atoms with E-state index in [0.717, 1.165) is 11.1 Å². The first-order valence-electron chi connectivity index (χ1n) is 9.75. The number of nitriles is 1. The van der Waals surface area contributed by atoms with Gasteiger partial charge in [0.05, 0.1) is 11.6 Å². The topological polar surface area (TPSA) is 71.3 Å². The molecule has 0 radical (unpaired) electrons. The van der Waals surface area contributed by atoms with Crippen molar-refractivity contribution in [3.05, 3.63) is 91.4 Å². The van der Waals surface area contributed by atoms with Crippen LogP contribution in [0.4, 0.5) is 5.69 Å². The highest BCUT2D eigenvalue weighted by atomic mass is 79.9. The molecule has 0 aliphatic heterocycles. The van der Waals surface area contributed by atoms with E-state index < -0.39 is 5.91 Å². The third kappa shape index (κ3) is 6.29. The molecule has 3 aromatic carbocycles. The smallest absolute Gasteiger partial charge is 0.266 e. The Bertz CT molecular complexity index is 1270. The summed E-state index contributed by atoms with van der Waals surface area (Å²) in [4.78, 5) is 12.7. The first-order chi connectivity index (χ1) is 15.8. The van der Waals surface area contributed by atoms with Crippen LogP contribution >= 0.6 is 39.1 Å². The maximum Gasteiger partial charge on any atom is 0.266 e. The molecule has 3 rings (SSSR count). The molecular weight excluding hydrogens is 527 g/mol. The number of carbonyl (C=O) groups is 1. The molecule has 0 bridgehead atoms. The zero-order valence-corrected chi connectivity index (χ0v) is 20.9. The van der Waals surface area contributed by atoms with Gasteiger partial charge in [-0.25, -0.2) is 0 Å². The second kappa shape index (κ2) is 11.2. The van der Waals surface area contributed by atoms with Gasteiger partial charge in [0.2, 0.25) is 0 Å². The minimum atomic E-state index is -0.544. The SMILES string of the molecule is COc1cc(/C=C(\C#N)C(=O)Nc2cc(Cl)ccc2C)cc(Br)c1OCc1ccccc1Cl. The lowest BCUT2D eigenvalue weighted by Gasteiger charge is -2.14. The molecule has 0 heterocycles. The number of aryl methyl sites for hydroxylation is 1. The number of ether oxygens (including phenoxy) is 2. The first kappa shape index (κ1) is 24.7. The molecule has 33 heavy (non-hydrogen) atoms. The Hall–Kier alpha value is -2.98. The number of carbonyl (C=O) groups excluding carboxylic acids is 1. The third-order valence-corrected chi connectivity index (χ3v) is 5.90. The van der Waals surface area contributed by atoms with Crippen LogP contribution in [0.2, 0.25) is 10.0 Å². The van der Waals surface area contributed by atoms with Crippen LogP contribution < -0.4 is 14.8 Å². The number of hydrogen-bond acceptors (Lipinski definition) is 4. The van der Waals surface area contributed by atoms with Crippen molar-refractivity contribution in [1.29, 1.82) is 5.26 Å². The van der Waals surface area contributed by atoms with Crippen LogP contribution in [-0.4, -0.2) is 13.0 Å². The Morgan fingerprint density at radius 2 is 1.94 bits per heavy atom. The van der Waals surface area contributed by atoms with E-state index in [1.54, 1.807) is 36.4 Å². The summed E-state index contributed by atoms with van der Waals surface area (Å²) in [5.74, 6) is 0.371. The van der Waals surface area contributed by atoms with E-state index in [9.17, 15) is 10.1 Å². The van der Waals surface area contributed by atoms with Gasteiger partial charge in [-0.1, -0.05) is 47.5 Å². The lowest BCUT2D eigenvalue weighted by Crippen LogP contribution is -2.14. The molecule has 1 N–H and O–H groups in total. The summed E-state index contributed by atoms with van der Waals surface area (Å²) in [7, 11) is 1.51. The Kier molecular flexibility index (Phi) is 8.40. The lowest BCUT2D eigenvalue weighted by atomic mass is 10.1. The van der Waals surface area contributed by atoms with Crippen molar-refractivity contribution >= 4 is 56.8 Å². The summed E-state index contributed by atoms with van der Waals surface area (Å²) < 4.78 is 12.0. The molecular formula is C25H19BrCl2N2O3. The van der Waals surface area contributed by atoms with Crippen molar-refractivity contribution in [2.45, 2.75) is 13.5 Å². The Balaban J connectivity index is 1.85. The largest absolute Gasteiger partial charge is 0.493 e. The second-order valence-corrected chi connectivity index (χ2v) is 8.70. The van der Waals surface area contributed by atoms with Crippen LogP contribution in [0.15, 0.2) is 64.6 Å². The normalized spacial score (nSPS) is 11.0. The van der Waals surface area contributed by atoms with Gasteiger partial charge >= 0.3 is 0 Å². The third-order valence-electron chi connectivity index (χ3n) is 4.71. The van der Waals surface area contributed by atoms with E-state index in [1.807, 2.05) is 31.2 Å². The van der Waals surface area contributed by atoms with Gasteiger partial charge in [0.25, 0.3) is 5.91 Å². The van der Waals surface area contributed by atoms with E-state index in [1.165, 1.54) is 13.2 Å².